The summed E-state index contributed by atoms with van der Waals surface area (Å²) in [6.07, 6.45) is 1.10. The number of thioether (sulfide) groups is 1. The number of carbonyl (C=O) groups is 1. The van der Waals surface area contributed by atoms with Crippen LogP contribution in [0.1, 0.15) is 13.3 Å². The molecule has 3 nitrogen and oxygen atoms in total. The molecule has 1 aliphatic heterocycles. The molecule has 0 saturated carbocycles. The fraction of sp³-hybridized carbons (Fsp3) is 0.857. The van der Waals surface area contributed by atoms with Gasteiger partial charge >= 0.3 is 5.97 Å². The molecule has 1 aliphatic rings. The SMILES string of the molecule is CC(NC1CCSC1)C(=O)O. The number of aliphatic carboxylic acids is 1. The molecule has 0 aromatic heterocycles. The first-order chi connectivity index (χ1) is 5.20. The number of carboxylic acid groups (broad SMARTS) is 1. The molecule has 11 heavy (non-hydrogen) atoms. The average molecular weight is 175 g/mol. The van der Waals surface area contributed by atoms with Crippen molar-refractivity contribution < 1.29 is 9.90 Å². The quantitative estimate of drug-likeness (QED) is 0.658. The van der Waals surface area contributed by atoms with Crippen molar-refractivity contribution in [2.75, 3.05) is 11.5 Å². The highest BCUT2D eigenvalue weighted by Gasteiger charge is 2.19. The summed E-state index contributed by atoms with van der Waals surface area (Å²) >= 11 is 1.88. The summed E-state index contributed by atoms with van der Waals surface area (Å²) < 4.78 is 0. The number of hydrogen-bond acceptors (Lipinski definition) is 3. The Morgan fingerprint density at radius 3 is 3.00 bits per heavy atom. The zero-order valence-corrected chi connectivity index (χ0v) is 7.36. The van der Waals surface area contributed by atoms with Crippen LogP contribution in [0.25, 0.3) is 0 Å². The molecule has 1 heterocycles. The van der Waals surface area contributed by atoms with Crippen LogP contribution in [-0.4, -0.2) is 34.7 Å². The summed E-state index contributed by atoms with van der Waals surface area (Å²) in [5, 5.41) is 11.6. The smallest absolute Gasteiger partial charge is 0.320 e. The van der Waals surface area contributed by atoms with E-state index in [1.165, 1.54) is 0 Å². The highest BCUT2D eigenvalue weighted by molar-refractivity contribution is 7.99. The fourth-order valence-corrected chi connectivity index (χ4v) is 2.26. The molecule has 0 aromatic rings. The Labute approximate surface area is 70.6 Å². The van der Waals surface area contributed by atoms with Crippen LogP contribution in [0.2, 0.25) is 0 Å². The van der Waals surface area contributed by atoms with E-state index in [2.05, 4.69) is 5.32 Å². The molecular weight excluding hydrogens is 162 g/mol. The molecule has 0 amide bonds. The van der Waals surface area contributed by atoms with Gasteiger partial charge in [0.1, 0.15) is 6.04 Å². The van der Waals surface area contributed by atoms with Crippen LogP contribution < -0.4 is 5.32 Å². The number of rotatable bonds is 3. The number of carboxylic acids is 1. The lowest BCUT2D eigenvalue weighted by atomic mass is 10.2. The van der Waals surface area contributed by atoms with Gasteiger partial charge in [0.25, 0.3) is 0 Å². The van der Waals surface area contributed by atoms with Crippen LogP contribution >= 0.6 is 11.8 Å². The summed E-state index contributed by atoms with van der Waals surface area (Å²) in [5.41, 5.74) is 0. The Balaban J connectivity index is 2.23. The summed E-state index contributed by atoms with van der Waals surface area (Å²) in [5.74, 6) is 1.45. The van der Waals surface area contributed by atoms with E-state index in [1.807, 2.05) is 11.8 Å². The molecule has 1 saturated heterocycles. The third-order valence-corrected chi connectivity index (χ3v) is 2.95. The molecule has 2 N–H and O–H groups in total. The van der Waals surface area contributed by atoms with Crippen LogP contribution in [0.5, 0.6) is 0 Å². The molecule has 2 unspecified atom stereocenters. The summed E-state index contributed by atoms with van der Waals surface area (Å²) in [6.45, 7) is 1.69. The second kappa shape index (κ2) is 3.97. The first-order valence-electron chi connectivity index (χ1n) is 3.76. The van der Waals surface area contributed by atoms with E-state index < -0.39 is 12.0 Å². The standard InChI is InChI=1S/C7H13NO2S/c1-5(7(9)10)8-6-2-3-11-4-6/h5-6,8H,2-4H2,1H3,(H,9,10). The number of hydrogen-bond donors (Lipinski definition) is 2. The summed E-state index contributed by atoms with van der Waals surface area (Å²) in [7, 11) is 0. The molecule has 0 aliphatic carbocycles. The highest BCUT2D eigenvalue weighted by atomic mass is 32.2. The van der Waals surface area contributed by atoms with Crippen LogP contribution in [0, 0.1) is 0 Å². The van der Waals surface area contributed by atoms with E-state index in [1.54, 1.807) is 6.92 Å². The molecule has 1 rings (SSSR count). The fourth-order valence-electron chi connectivity index (χ4n) is 1.09. The molecule has 64 valence electrons. The molecule has 0 bridgehead atoms. The maximum absolute atomic E-state index is 10.4. The maximum Gasteiger partial charge on any atom is 0.320 e. The Hall–Kier alpha value is -0.220. The predicted octanol–water partition coefficient (Wildman–Crippen LogP) is 0.555. The predicted molar refractivity (Wildman–Crippen MR) is 46.0 cm³/mol. The first-order valence-corrected chi connectivity index (χ1v) is 4.92. The van der Waals surface area contributed by atoms with E-state index in [-0.39, 0.29) is 0 Å². The lowest BCUT2D eigenvalue weighted by molar-refractivity contribution is -0.139. The third kappa shape index (κ3) is 2.71. The van der Waals surface area contributed by atoms with Crippen molar-refractivity contribution >= 4 is 17.7 Å². The van der Waals surface area contributed by atoms with Crippen LogP contribution in [0.4, 0.5) is 0 Å². The number of nitrogens with one attached hydrogen (secondary N) is 1. The third-order valence-electron chi connectivity index (χ3n) is 1.79. The van der Waals surface area contributed by atoms with Crippen molar-refractivity contribution in [1.82, 2.24) is 5.32 Å². The Kier molecular flexibility index (Phi) is 3.20. The zero-order valence-electron chi connectivity index (χ0n) is 6.54. The van der Waals surface area contributed by atoms with Crippen LogP contribution in [-0.2, 0) is 4.79 Å². The van der Waals surface area contributed by atoms with Gasteiger partial charge in [-0.1, -0.05) is 0 Å². The second-order valence-corrected chi connectivity index (χ2v) is 3.94. The molecular formula is C7H13NO2S. The Bertz CT molecular complexity index is 145. The van der Waals surface area contributed by atoms with Gasteiger partial charge in [0.05, 0.1) is 0 Å². The van der Waals surface area contributed by atoms with Gasteiger partial charge in [0.2, 0.25) is 0 Å². The van der Waals surface area contributed by atoms with Crippen molar-refractivity contribution in [1.29, 1.82) is 0 Å². The lowest BCUT2D eigenvalue weighted by Crippen LogP contribution is -2.41. The van der Waals surface area contributed by atoms with Gasteiger partial charge in [-0.15, -0.1) is 0 Å². The van der Waals surface area contributed by atoms with Crippen molar-refractivity contribution in [3.05, 3.63) is 0 Å². The van der Waals surface area contributed by atoms with Crippen molar-refractivity contribution in [3.8, 4) is 0 Å². The van der Waals surface area contributed by atoms with E-state index in [0.717, 1.165) is 17.9 Å². The summed E-state index contributed by atoms with van der Waals surface area (Å²) in [6, 6.07) is 0.00444. The molecule has 0 radical (unpaired) electrons. The van der Waals surface area contributed by atoms with Gasteiger partial charge < -0.3 is 10.4 Å². The van der Waals surface area contributed by atoms with Gasteiger partial charge in [-0.25, -0.2) is 0 Å². The second-order valence-electron chi connectivity index (χ2n) is 2.79. The van der Waals surface area contributed by atoms with E-state index in [9.17, 15) is 4.79 Å². The topological polar surface area (TPSA) is 49.3 Å². The molecule has 0 aromatic carbocycles. The first kappa shape index (κ1) is 8.87. The van der Waals surface area contributed by atoms with Gasteiger partial charge in [-0.05, 0) is 19.1 Å². The zero-order chi connectivity index (χ0) is 8.27. The van der Waals surface area contributed by atoms with Gasteiger partial charge in [-0.2, -0.15) is 11.8 Å². The van der Waals surface area contributed by atoms with E-state index >= 15 is 0 Å². The Morgan fingerprint density at radius 2 is 2.55 bits per heavy atom. The van der Waals surface area contributed by atoms with Crippen LogP contribution in [0.3, 0.4) is 0 Å². The lowest BCUT2D eigenvalue weighted by Gasteiger charge is -2.14. The Morgan fingerprint density at radius 1 is 1.82 bits per heavy atom. The minimum Gasteiger partial charge on any atom is -0.480 e. The van der Waals surface area contributed by atoms with Crippen molar-refractivity contribution in [2.45, 2.75) is 25.4 Å². The highest BCUT2D eigenvalue weighted by Crippen LogP contribution is 2.17. The van der Waals surface area contributed by atoms with Crippen molar-refractivity contribution in [2.24, 2.45) is 0 Å². The van der Waals surface area contributed by atoms with E-state index in [4.69, 9.17) is 5.11 Å². The molecule has 2 atom stereocenters. The molecule has 0 spiro atoms. The van der Waals surface area contributed by atoms with Crippen LogP contribution in [0.15, 0.2) is 0 Å². The minimum atomic E-state index is -0.762. The molecule has 1 fully saturated rings. The van der Waals surface area contributed by atoms with Crippen molar-refractivity contribution in [3.63, 3.8) is 0 Å². The maximum atomic E-state index is 10.4. The minimum absolute atomic E-state index is 0.404. The normalized spacial score (nSPS) is 26.8. The van der Waals surface area contributed by atoms with Gasteiger partial charge in [0.15, 0.2) is 0 Å². The van der Waals surface area contributed by atoms with E-state index in [0.29, 0.717) is 6.04 Å². The summed E-state index contributed by atoms with van der Waals surface area (Å²) in [4.78, 5) is 10.4. The largest absolute Gasteiger partial charge is 0.480 e. The monoisotopic (exact) mass is 175 g/mol. The van der Waals surface area contributed by atoms with Gasteiger partial charge in [-0.3, -0.25) is 4.79 Å². The average Bonchev–Trinajstić information content (AvgIpc) is 2.39. The van der Waals surface area contributed by atoms with Gasteiger partial charge in [0, 0.05) is 11.8 Å². The molecule has 4 heteroatoms.